The number of carbonyl (C=O) groups is 1. The number of ether oxygens (including phenoxy) is 2. The van der Waals surface area contributed by atoms with Crippen LogP contribution in [0.15, 0.2) is 48.6 Å². The van der Waals surface area contributed by atoms with E-state index in [9.17, 15) is 9.90 Å². The third-order valence-corrected chi connectivity index (χ3v) is 2.96. The number of aromatic hydroxyl groups is 1. The van der Waals surface area contributed by atoms with E-state index in [1.165, 1.54) is 0 Å². The largest absolute Gasteiger partial charge is 0.504 e. The molecule has 1 N–H and O–H groups in total. The second kappa shape index (κ2) is 6.79. The number of esters is 1. The average molecular weight is 286 g/mol. The molecule has 2 aromatic rings. The summed E-state index contributed by atoms with van der Waals surface area (Å²) in [7, 11) is 0. The Hall–Kier alpha value is -2.49. The van der Waals surface area contributed by atoms with E-state index in [4.69, 9.17) is 9.47 Å². The second-order valence-electron chi connectivity index (χ2n) is 4.79. The van der Waals surface area contributed by atoms with Gasteiger partial charge in [-0.05, 0) is 29.8 Å². The summed E-state index contributed by atoms with van der Waals surface area (Å²) in [4.78, 5) is 11.2. The highest BCUT2D eigenvalue weighted by molar-refractivity contribution is 5.87. The molecule has 0 atom stereocenters. The fourth-order valence-electron chi connectivity index (χ4n) is 1.85. The predicted octanol–water partition coefficient (Wildman–Crippen LogP) is 3.43. The number of phenols is 1. The highest BCUT2D eigenvalue weighted by Crippen LogP contribution is 2.31. The number of benzene rings is 2. The molecule has 2 aromatic carbocycles. The van der Waals surface area contributed by atoms with E-state index in [1.54, 1.807) is 19.1 Å². The first-order chi connectivity index (χ1) is 10.1. The van der Waals surface area contributed by atoms with E-state index in [1.807, 2.05) is 24.3 Å². The average Bonchev–Trinajstić information content (AvgIpc) is 2.46. The van der Waals surface area contributed by atoms with Gasteiger partial charge in [0.05, 0.1) is 13.2 Å². The lowest BCUT2D eigenvalue weighted by Crippen LogP contribution is -2.09. The fraction of sp³-hybridized carbons (Fsp3) is 0.235. The van der Waals surface area contributed by atoms with Gasteiger partial charge in [0, 0.05) is 12.0 Å². The van der Waals surface area contributed by atoms with Crippen LogP contribution in [0, 0.1) is 0 Å². The lowest BCUT2D eigenvalue weighted by Gasteiger charge is -2.10. The minimum atomic E-state index is -0.399. The van der Waals surface area contributed by atoms with Crippen LogP contribution in [0.2, 0.25) is 0 Å². The Labute approximate surface area is 123 Å². The Bertz CT molecular complexity index is 661. The molecule has 0 heterocycles. The number of phenolic OH excluding ortho intramolecular Hbond substituents is 1. The molecule has 0 spiro atoms. The van der Waals surface area contributed by atoms with Gasteiger partial charge in [0.2, 0.25) is 0 Å². The maximum Gasteiger partial charge on any atom is 0.333 e. The Morgan fingerprint density at radius 3 is 2.52 bits per heavy atom. The first-order valence-corrected chi connectivity index (χ1v) is 6.75. The van der Waals surface area contributed by atoms with Crippen LogP contribution in [0.5, 0.6) is 11.5 Å². The number of carbonyl (C=O) groups excluding carboxylic acids is 1. The molecule has 0 aliphatic heterocycles. The Morgan fingerprint density at radius 2 is 1.86 bits per heavy atom. The van der Waals surface area contributed by atoms with Crippen LogP contribution >= 0.6 is 0 Å². The molecule has 0 aliphatic rings. The highest BCUT2D eigenvalue weighted by Gasteiger charge is 2.06. The number of hydrogen-bond acceptors (Lipinski definition) is 4. The predicted molar refractivity (Wildman–Crippen MR) is 81.5 cm³/mol. The van der Waals surface area contributed by atoms with Crippen LogP contribution < -0.4 is 4.74 Å². The summed E-state index contributed by atoms with van der Waals surface area (Å²) in [6.07, 6.45) is 0.547. The van der Waals surface area contributed by atoms with E-state index in [2.05, 4.69) is 6.58 Å². The highest BCUT2D eigenvalue weighted by atomic mass is 16.5. The molecule has 0 radical (unpaired) electrons. The zero-order valence-electron chi connectivity index (χ0n) is 12.0. The van der Waals surface area contributed by atoms with Crippen molar-refractivity contribution in [2.45, 2.75) is 13.3 Å². The second-order valence-corrected chi connectivity index (χ2v) is 4.79. The van der Waals surface area contributed by atoms with Gasteiger partial charge < -0.3 is 14.6 Å². The van der Waals surface area contributed by atoms with Crippen molar-refractivity contribution in [1.29, 1.82) is 0 Å². The number of hydrogen-bond donors (Lipinski definition) is 1. The van der Waals surface area contributed by atoms with Crippen molar-refractivity contribution >= 4 is 16.7 Å². The van der Waals surface area contributed by atoms with Crippen LogP contribution in [0.4, 0.5) is 0 Å². The first-order valence-electron chi connectivity index (χ1n) is 6.75. The molecular formula is C17H18O4. The fourth-order valence-corrected chi connectivity index (χ4v) is 1.85. The van der Waals surface area contributed by atoms with Gasteiger partial charge in [-0.15, -0.1) is 0 Å². The van der Waals surface area contributed by atoms with Crippen LogP contribution in [-0.2, 0) is 9.53 Å². The molecule has 0 aromatic heterocycles. The Kier molecular flexibility index (Phi) is 4.82. The van der Waals surface area contributed by atoms with Crippen molar-refractivity contribution in [2.24, 2.45) is 0 Å². The first kappa shape index (κ1) is 14.9. The van der Waals surface area contributed by atoms with Gasteiger partial charge in [-0.2, -0.15) is 0 Å². The van der Waals surface area contributed by atoms with E-state index < -0.39 is 5.97 Å². The van der Waals surface area contributed by atoms with Crippen LogP contribution in [0.3, 0.4) is 0 Å². The maximum atomic E-state index is 11.2. The molecule has 0 fully saturated rings. The standard InChI is InChI=1S/C17H18O4/c1-12(2)17(19)21-9-5-8-20-16-11-14-7-4-3-6-13(14)10-15(16)18/h3-4,6-7,10-11,18H,1,5,8-9H2,2H3. The third kappa shape index (κ3) is 3.99. The minimum Gasteiger partial charge on any atom is -0.504 e. The minimum absolute atomic E-state index is 0.104. The summed E-state index contributed by atoms with van der Waals surface area (Å²) < 4.78 is 10.5. The van der Waals surface area contributed by atoms with Gasteiger partial charge in [0.1, 0.15) is 0 Å². The third-order valence-electron chi connectivity index (χ3n) is 2.96. The van der Waals surface area contributed by atoms with Crippen LogP contribution in [0.25, 0.3) is 10.8 Å². The van der Waals surface area contributed by atoms with Crippen molar-refractivity contribution in [2.75, 3.05) is 13.2 Å². The van der Waals surface area contributed by atoms with Crippen molar-refractivity contribution in [1.82, 2.24) is 0 Å². The zero-order chi connectivity index (χ0) is 15.2. The summed E-state index contributed by atoms with van der Waals surface area (Å²) in [5.74, 6) is 0.135. The summed E-state index contributed by atoms with van der Waals surface area (Å²) in [5.41, 5.74) is 0.378. The quantitative estimate of drug-likeness (QED) is 0.502. The van der Waals surface area contributed by atoms with Crippen molar-refractivity contribution in [3.8, 4) is 11.5 Å². The van der Waals surface area contributed by atoms with Crippen LogP contribution in [0.1, 0.15) is 13.3 Å². The van der Waals surface area contributed by atoms with E-state index in [0.717, 1.165) is 10.8 Å². The molecule has 0 amide bonds. The summed E-state index contributed by atoms with van der Waals surface area (Å²) in [6, 6.07) is 11.2. The molecule has 21 heavy (non-hydrogen) atoms. The van der Waals surface area contributed by atoms with Gasteiger partial charge in [0.15, 0.2) is 11.5 Å². The summed E-state index contributed by atoms with van der Waals surface area (Å²) in [5, 5.41) is 11.9. The molecule has 110 valence electrons. The normalized spacial score (nSPS) is 10.3. The monoisotopic (exact) mass is 286 g/mol. The number of fused-ring (bicyclic) bond motifs is 1. The van der Waals surface area contributed by atoms with E-state index in [-0.39, 0.29) is 12.4 Å². The van der Waals surface area contributed by atoms with Gasteiger partial charge in [-0.25, -0.2) is 4.79 Å². The van der Waals surface area contributed by atoms with E-state index >= 15 is 0 Å². The maximum absolute atomic E-state index is 11.2. The molecule has 4 nitrogen and oxygen atoms in total. The molecule has 4 heteroatoms. The Balaban J connectivity index is 1.87. The van der Waals surface area contributed by atoms with Gasteiger partial charge >= 0.3 is 5.97 Å². The van der Waals surface area contributed by atoms with Crippen LogP contribution in [-0.4, -0.2) is 24.3 Å². The molecule has 2 rings (SSSR count). The summed E-state index contributed by atoms with van der Waals surface area (Å²) >= 11 is 0. The molecular weight excluding hydrogens is 268 g/mol. The summed E-state index contributed by atoms with van der Waals surface area (Å²) in [6.45, 7) is 5.73. The molecule has 0 aliphatic carbocycles. The smallest absolute Gasteiger partial charge is 0.333 e. The zero-order valence-corrected chi connectivity index (χ0v) is 12.0. The Morgan fingerprint density at radius 1 is 1.19 bits per heavy atom. The molecule has 0 saturated carbocycles. The molecule has 0 bridgehead atoms. The topological polar surface area (TPSA) is 55.8 Å². The van der Waals surface area contributed by atoms with Gasteiger partial charge in [-0.1, -0.05) is 30.8 Å². The lowest BCUT2D eigenvalue weighted by atomic mass is 10.1. The van der Waals surface area contributed by atoms with E-state index in [0.29, 0.717) is 24.4 Å². The van der Waals surface area contributed by atoms with Crippen molar-refractivity contribution in [3.05, 3.63) is 48.6 Å². The van der Waals surface area contributed by atoms with Crippen molar-refractivity contribution in [3.63, 3.8) is 0 Å². The lowest BCUT2D eigenvalue weighted by molar-refractivity contribution is -0.139. The van der Waals surface area contributed by atoms with Gasteiger partial charge in [-0.3, -0.25) is 0 Å². The molecule has 0 saturated heterocycles. The van der Waals surface area contributed by atoms with Gasteiger partial charge in [0.25, 0.3) is 0 Å². The van der Waals surface area contributed by atoms with Crippen molar-refractivity contribution < 1.29 is 19.4 Å². The molecule has 0 unspecified atom stereocenters. The number of rotatable bonds is 6. The SMILES string of the molecule is C=C(C)C(=O)OCCCOc1cc2ccccc2cc1O.